The van der Waals surface area contributed by atoms with Gasteiger partial charge >= 0.3 is 0 Å². The molecule has 0 fully saturated rings. The zero-order valence-electron chi connectivity index (χ0n) is 14.2. The Hall–Kier alpha value is -2.80. The van der Waals surface area contributed by atoms with Crippen LogP contribution in [0.1, 0.15) is 22.6 Å². The molecule has 8 heteroatoms. The van der Waals surface area contributed by atoms with E-state index in [4.69, 9.17) is 11.6 Å². The summed E-state index contributed by atoms with van der Waals surface area (Å²) in [4.78, 5) is 12.9. The van der Waals surface area contributed by atoms with Crippen molar-refractivity contribution in [1.82, 2.24) is 15.0 Å². The van der Waals surface area contributed by atoms with E-state index in [9.17, 15) is 8.78 Å². The summed E-state index contributed by atoms with van der Waals surface area (Å²) in [7, 11) is 0. The molecule has 1 aromatic carbocycles. The Balaban J connectivity index is 1.39. The molecule has 138 valence electrons. The highest BCUT2D eigenvalue weighted by molar-refractivity contribution is 6.30. The van der Waals surface area contributed by atoms with E-state index in [-0.39, 0.29) is 12.5 Å². The maximum absolute atomic E-state index is 13.2. The van der Waals surface area contributed by atoms with Gasteiger partial charge in [0.05, 0.1) is 5.02 Å². The van der Waals surface area contributed by atoms with Crippen LogP contribution in [0.3, 0.4) is 0 Å². The van der Waals surface area contributed by atoms with Crippen LogP contribution >= 0.6 is 11.6 Å². The number of halogens is 3. The van der Waals surface area contributed by atoms with E-state index in [1.54, 1.807) is 18.6 Å². The predicted octanol–water partition coefficient (Wildman–Crippen LogP) is 4.17. The highest BCUT2D eigenvalue weighted by Gasteiger charge is 2.24. The molecule has 0 radical (unpaired) electrons. The predicted molar refractivity (Wildman–Crippen MR) is 99.9 cm³/mol. The second kappa shape index (κ2) is 7.44. The highest BCUT2D eigenvalue weighted by atomic mass is 35.5. The van der Waals surface area contributed by atoms with Crippen LogP contribution in [-0.4, -0.2) is 21.5 Å². The van der Waals surface area contributed by atoms with E-state index in [0.717, 1.165) is 36.0 Å². The molecule has 1 aliphatic rings. The van der Waals surface area contributed by atoms with E-state index < -0.39 is 11.6 Å². The lowest BCUT2D eigenvalue weighted by Gasteiger charge is -2.10. The Labute approximate surface area is 159 Å². The molecule has 4 rings (SSSR count). The average molecular weight is 388 g/mol. The first kappa shape index (κ1) is 17.6. The van der Waals surface area contributed by atoms with Gasteiger partial charge in [0.25, 0.3) is 0 Å². The first-order chi connectivity index (χ1) is 13.1. The maximum Gasteiger partial charge on any atom is 0.222 e. The summed E-state index contributed by atoms with van der Waals surface area (Å²) in [6.07, 6.45) is 5.89. The van der Waals surface area contributed by atoms with Gasteiger partial charge in [-0.2, -0.15) is 0 Å². The summed E-state index contributed by atoms with van der Waals surface area (Å²) in [5, 5.41) is 6.85. The van der Waals surface area contributed by atoms with Gasteiger partial charge in [0.2, 0.25) is 5.95 Å². The monoisotopic (exact) mass is 387 g/mol. The van der Waals surface area contributed by atoms with E-state index in [0.29, 0.717) is 16.5 Å². The Kier molecular flexibility index (Phi) is 4.85. The second-order valence-corrected chi connectivity index (χ2v) is 6.86. The molecule has 3 heterocycles. The highest BCUT2D eigenvalue weighted by Crippen LogP contribution is 2.33. The van der Waals surface area contributed by atoms with Crippen molar-refractivity contribution in [1.29, 1.82) is 0 Å². The van der Waals surface area contributed by atoms with E-state index in [1.165, 1.54) is 12.1 Å². The van der Waals surface area contributed by atoms with Crippen LogP contribution in [0.15, 0.2) is 42.9 Å². The third kappa shape index (κ3) is 4.14. The Morgan fingerprint density at radius 2 is 1.74 bits per heavy atom. The number of benzene rings is 1. The fourth-order valence-corrected chi connectivity index (χ4v) is 3.32. The van der Waals surface area contributed by atoms with Crippen LogP contribution in [0, 0.1) is 11.6 Å². The lowest BCUT2D eigenvalue weighted by atomic mass is 9.96. The van der Waals surface area contributed by atoms with Crippen molar-refractivity contribution in [2.24, 2.45) is 0 Å². The van der Waals surface area contributed by atoms with Crippen molar-refractivity contribution >= 4 is 23.4 Å². The normalized spacial score (nSPS) is 15.3. The molecular weight excluding hydrogens is 372 g/mol. The maximum atomic E-state index is 13.2. The van der Waals surface area contributed by atoms with Gasteiger partial charge in [-0.15, -0.1) is 0 Å². The van der Waals surface area contributed by atoms with Gasteiger partial charge in [0.1, 0.15) is 17.5 Å². The number of nitrogens with zero attached hydrogens (tertiary/aromatic N) is 3. The van der Waals surface area contributed by atoms with Crippen molar-refractivity contribution in [3.63, 3.8) is 0 Å². The first-order valence-corrected chi connectivity index (χ1v) is 8.84. The van der Waals surface area contributed by atoms with Gasteiger partial charge in [-0.1, -0.05) is 11.6 Å². The smallest absolute Gasteiger partial charge is 0.222 e. The van der Waals surface area contributed by atoms with Crippen LogP contribution in [0.5, 0.6) is 0 Å². The fraction of sp³-hybridized carbons (Fsp3) is 0.211. The van der Waals surface area contributed by atoms with Crippen LogP contribution < -0.4 is 10.6 Å². The van der Waals surface area contributed by atoms with Gasteiger partial charge in [-0.05, 0) is 35.7 Å². The summed E-state index contributed by atoms with van der Waals surface area (Å²) in [6.45, 7) is 1.02. The molecule has 0 saturated heterocycles. The number of rotatable bonds is 5. The molecule has 0 saturated carbocycles. The first-order valence-electron chi connectivity index (χ1n) is 8.46. The molecule has 1 aliphatic heterocycles. The summed E-state index contributed by atoms with van der Waals surface area (Å²) >= 11 is 6.05. The molecule has 0 spiro atoms. The number of hydrogen-bond acceptors (Lipinski definition) is 5. The van der Waals surface area contributed by atoms with Crippen molar-refractivity contribution in [3.05, 3.63) is 76.2 Å². The number of hydrogen-bond donors (Lipinski definition) is 2. The molecule has 3 aromatic rings. The van der Waals surface area contributed by atoms with E-state index in [1.807, 2.05) is 6.07 Å². The molecule has 2 N–H and O–H groups in total. The quantitative estimate of drug-likeness (QED) is 0.688. The van der Waals surface area contributed by atoms with Gasteiger partial charge < -0.3 is 10.6 Å². The average Bonchev–Trinajstić information content (AvgIpc) is 3.02. The molecular formula is C19H16ClF2N5. The Bertz CT molecular complexity index is 945. The van der Waals surface area contributed by atoms with Crippen molar-refractivity contribution in [2.45, 2.75) is 18.9 Å². The lowest BCUT2D eigenvalue weighted by molar-refractivity contribution is 0.580. The summed E-state index contributed by atoms with van der Waals surface area (Å²) < 4.78 is 26.4. The minimum atomic E-state index is -0.608. The van der Waals surface area contributed by atoms with E-state index >= 15 is 0 Å². The molecule has 2 aromatic heterocycles. The minimum Gasteiger partial charge on any atom is -0.369 e. The molecule has 27 heavy (non-hydrogen) atoms. The number of aromatic nitrogens is 3. The second-order valence-electron chi connectivity index (χ2n) is 6.42. The number of fused-ring (bicyclic) bond motifs is 1. The zero-order valence-corrected chi connectivity index (χ0v) is 15.0. The van der Waals surface area contributed by atoms with Crippen molar-refractivity contribution in [3.8, 4) is 0 Å². The van der Waals surface area contributed by atoms with Crippen LogP contribution in [0.25, 0.3) is 0 Å². The summed E-state index contributed by atoms with van der Waals surface area (Å²) in [5.41, 5.74) is 2.56. The van der Waals surface area contributed by atoms with Crippen molar-refractivity contribution < 1.29 is 8.78 Å². The van der Waals surface area contributed by atoms with Gasteiger partial charge in [0.15, 0.2) is 0 Å². The molecule has 0 aliphatic carbocycles. The van der Waals surface area contributed by atoms with Crippen LogP contribution in [0.2, 0.25) is 5.02 Å². The molecule has 1 unspecified atom stereocenters. The third-order valence-electron chi connectivity index (χ3n) is 4.40. The number of pyridine rings is 1. The minimum absolute atomic E-state index is 0.234. The van der Waals surface area contributed by atoms with Gasteiger partial charge in [-0.3, -0.25) is 0 Å². The standard InChI is InChI=1S/C19H16ClF2N5/c20-14-4-17-13(9-23-18(17)24-10-14)1-12-7-26-19(27-8-12)25-6-11-2-15(21)5-16(22)3-11/h2-5,7-8,10,13H,1,6,9H2,(H,23,24)(H,25,26,27). The third-order valence-corrected chi connectivity index (χ3v) is 4.61. The molecule has 1 atom stereocenters. The molecule has 5 nitrogen and oxygen atoms in total. The SMILES string of the molecule is Fc1cc(F)cc(CNc2ncc(CC3CNc4ncc(Cl)cc43)cn2)c1. The number of nitrogens with one attached hydrogen (secondary N) is 2. The summed E-state index contributed by atoms with van der Waals surface area (Å²) in [6, 6.07) is 5.32. The lowest BCUT2D eigenvalue weighted by Crippen LogP contribution is -2.08. The molecule has 0 amide bonds. The summed E-state index contributed by atoms with van der Waals surface area (Å²) in [5.74, 6) is 0.305. The van der Waals surface area contributed by atoms with Gasteiger partial charge in [0, 0.05) is 49.2 Å². The van der Waals surface area contributed by atoms with Gasteiger partial charge in [-0.25, -0.2) is 23.7 Å². The Morgan fingerprint density at radius 3 is 2.48 bits per heavy atom. The largest absolute Gasteiger partial charge is 0.369 e. The number of anilines is 2. The zero-order chi connectivity index (χ0) is 18.8. The topological polar surface area (TPSA) is 62.7 Å². The van der Waals surface area contributed by atoms with E-state index in [2.05, 4.69) is 25.6 Å². The fourth-order valence-electron chi connectivity index (χ4n) is 3.16. The van der Waals surface area contributed by atoms with Crippen molar-refractivity contribution in [2.75, 3.05) is 17.2 Å². The van der Waals surface area contributed by atoms with Crippen LogP contribution in [-0.2, 0) is 13.0 Å². The Morgan fingerprint density at radius 1 is 1.00 bits per heavy atom. The molecule has 0 bridgehead atoms. The van der Waals surface area contributed by atoms with Crippen LogP contribution in [0.4, 0.5) is 20.5 Å².